The summed E-state index contributed by atoms with van der Waals surface area (Å²) in [4.78, 5) is 29.2. The van der Waals surface area contributed by atoms with Gasteiger partial charge in [0.05, 0.1) is 6.04 Å². The van der Waals surface area contributed by atoms with Crippen molar-refractivity contribution in [3.63, 3.8) is 0 Å². The number of aliphatic hydroxyl groups excluding tert-OH is 1. The molecule has 6 heteroatoms. The molecule has 1 N–H and O–H groups in total. The first kappa shape index (κ1) is 21.6. The summed E-state index contributed by atoms with van der Waals surface area (Å²) in [5, 5.41) is 9.37. The van der Waals surface area contributed by atoms with Crippen molar-refractivity contribution in [2.75, 3.05) is 26.2 Å². The van der Waals surface area contributed by atoms with Crippen molar-refractivity contribution in [3.8, 4) is 0 Å². The highest BCUT2D eigenvalue weighted by Gasteiger charge is 2.43. The number of hydrogen-bond acceptors (Lipinski definition) is 4. The molecular weight excluding hydrogens is 368 g/mol. The van der Waals surface area contributed by atoms with E-state index in [1.54, 1.807) is 4.90 Å². The van der Waals surface area contributed by atoms with Crippen molar-refractivity contribution in [1.82, 2.24) is 9.80 Å². The van der Waals surface area contributed by atoms with Crippen LogP contribution in [0.5, 0.6) is 0 Å². The van der Waals surface area contributed by atoms with Gasteiger partial charge in [0, 0.05) is 38.1 Å². The van der Waals surface area contributed by atoms with Crippen molar-refractivity contribution in [2.45, 2.75) is 69.9 Å². The molecular formula is C23H34N2O4. The largest absolute Gasteiger partial charge is 0.444 e. The lowest BCUT2D eigenvalue weighted by Crippen LogP contribution is -2.51. The van der Waals surface area contributed by atoms with Gasteiger partial charge in [-0.25, -0.2) is 4.79 Å². The van der Waals surface area contributed by atoms with Crippen molar-refractivity contribution in [1.29, 1.82) is 0 Å². The van der Waals surface area contributed by atoms with Gasteiger partial charge in [0.1, 0.15) is 5.60 Å². The van der Waals surface area contributed by atoms with Crippen LogP contribution in [0.4, 0.5) is 4.79 Å². The summed E-state index contributed by atoms with van der Waals surface area (Å²) in [5.74, 6) is 0.147. The maximum atomic E-state index is 13.2. The Morgan fingerprint density at radius 3 is 2.59 bits per heavy atom. The number of carbonyl (C=O) groups excluding carboxylic acids is 2. The van der Waals surface area contributed by atoms with Gasteiger partial charge in [-0.05, 0) is 52.0 Å². The highest BCUT2D eigenvalue weighted by atomic mass is 16.6. The van der Waals surface area contributed by atoms with E-state index in [1.807, 2.05) is 43.9 Å². The molecule has 0 aliphatic carbocycles. The standard InChI is InChI=1S/C23H34N2O4/c1-22(2,3)29-21(28)24-13-10-19(17-24)25-14-12-23(11-7-15-26,16-20(25)27)18-8-5-4-6-9-18/h4-6,8-9,19,26H,7,10-17H2,1-3H3. The summed E-state index contributed by atoms with van der Waals surface area (Å²) >= 11 is 0. The van der Waals surface area contributed by atoms with E-state index in [2.05, 4.69) is 12.1 Å². The number of hydrogen-bond donors (Lipinski definition) is 1. The number of amides is 2. The summed E-state index contributed by atoms with van der Waals surface area (Å²) in [6.45, 7) is 7.58. The molecule has 0 spiro atoms. The molecule has 1 aromatic carbocycles. The molecule has 1 aromatic rings. The van der Waals surface area contributed by atoms with E-state index in [0.29, 0.717) is 32.5 Å². The SMILES string of the molecule is CC(C)(C)OC(=O)N1CCC(N2CCC(CCCO)(c3ccccc3)CC2=O)C1. The smallest absolute Gasteiger partial charge is 0.410 e. The first-order valence-electron chi connectivity index (χ1n) is 10.7. The Balaban J connectivity index is 1.66. The third-order valence-electron chi connectivity index (χ3n) is 6.10. The zero-order chi connectivity index (χ0) is 21.1. The van der Waals surface area contributed by atoms with Crippen LogP contribution >= 0.6 is 0 Å². The topological polar surface area (TPSA) is 70.1 Å². The fourth-order valence-corrected chi connectivity index (χ4v) is 4.63. The Kier molecular flexibility index (Phi) is 6.52. The first-order valence-corrected chi connectivity index (χ1v) is 10.7. The number of likely N-dealkylation sites (tertiary alicyclic amines) is 2. The molecule has 2 heterocycles. The molecule has 6 nitrogen and oxygen atoms in total. The first-order chi connectivity index (χ1) is 13.7. The fraction of sp³-hybridized carbons (Fsp3) is 0.652. The number of carbonyl (C=O) groups is 2. The highest BCUT2D eigenvalue weighted by Crippen LogP contribution is 2.41. The summed E-state index contributed by atoms with van der Waals surface area (Å²) < 4.78 is 5.48. The Morgan fingerprint density at radius 1 is 1.24 bits per heavy atom. The fourth-order valence-electron chi connectivity index (χ4n) is 4.63. The zero-order valence-electron chi connectivity index (χ0n) is 17.9. The summed E-state index contributed by atoms with van der Waals surface area (Å²) in [6, 6.07) is 10.3. The molecule has 2 aliphatic heterocycles. The van der Waals surface area contributed by atoms with Crippen LogP contribution < -0.4 is 0 Å². The predicted octanol–water partition coefficient (Wildman–Crippen LogP) is 3.33. The zero-order valence-corrected chi connectivity index (χ0v) is 17.9. The van der Waals surface area contributed by atoms with Crippen molar-refractivity contribution in [3.05, 3.63) is 35.9 Å². The molecule has 2 saturated heterocycles. The van der Waals surface area contributed by atoms with Gasteiger partial charge in [-0.3, -0.25) is 4.79 Å². The molecule has 29 heavy (non-hydrogen) atoms. The number of benzene rings is 1. The number of nitrogens with zero attached hydrogens (tertiary/aromatic N) is 2. The maximum absolute atomic E-state index is 13.2. The van der Waals surface area contributed by atoms with Gasteiger partial charge in [0.25, 0.3) is 0 Å². The molecule has 2 fully saturated rings. The Morgan fingerprint density at radius 2 is 1.97 bits per heavy atom. The highest BCUT2D eigenvalue weighted by molar-refractivity contribution is 5.79. The molecule has 2 atom stereocenters. The van der Waals surface area contributed by atoms with Crippen LogP contribution in [0.15, 0.2) is 30.3 Å². The Labute approximate surface area is 173 Å². The van der Waals surface area contributed by atoms with Gasteiger partial charge in [-0.15, -0.1) is 0 Å². The molecule has 160 valence electrons. The second-order valence-corrected chi connectivity index (χ2v) is 9.36. The van der Waals surface area contributed by atoms with E-state index < -0.39 is 5.60 Å². The molecule has 2 amide bonds. The molecule has 0 radical (unpaired) electrons. The summed E-state index contributed by atoms with van der Waals surface area (Å²) in [6.07, 6.45) is 3.33. The van der Waals surface area contributed by atoms with Crippen LogP contribution in [-0.4, -0.2) is 64.8 Å². The van der Waals surface area contributed by atoms with Gasteiger partial charge >= 0.3 is 6.09 Å². The van der Waals surface area contributed by atoms with E-state index >= 15 is 0 Å². The number of aliphatic hydroxyl groups is 1. The van der Waals surface area contributed by atoms with Crippen LogP contribution in [0.25, 0.3) is 0 Å². The minimum Gasteiger partial charge on any atom is -0.444 e. The van der Waals surface area contributed by atoms with Gasteiger partial charge in [0.15, 0.2) is 0 Å². The van der Waals surface area contributed by atoms with E-state index in [9.17, 15) is 14.7 Å². The van der Waals surface area contributed by atoms with Gasteiger partial charge in [-0.1, -0.05) is 30.3 Å². The quantitative estimate of drug-likeness (QED) is 0.820. The van der Waals surface area contributed by atoms with Crippen molar-refractivity contribution < 1.29 is 19.4 Å². The molecule has 0 saturated carbocycles. The third kappa shape index (κ3) is 5.10. The van der Waals surface area contributed by atoms with Crippen molar-refractivity contribution >= 4 is 12.0 Å². The second kappa shape index (κ2) is 8.74. The lowest BCUT2D eigenvalue weighted by molar-refractivity contribution is -0.138. The number of piperidine rings is 1. The number of ether oxygens (including phenoxy) is 1. The minimum absolute atomic E-state index is 0.0571. The van der Waals surface area contributed by atoms with E-state index in [0.717, 1.165) is 19.3 Å². The van der Waals surface area contributed by atoms with E-state index in [1.165, 1.54) is 5.56 Å². The lowest BCUT2D eigenvalue weighted by Gasteiger charge is -2.44. The molecule has 0 bridgehead atoms. The predicted molar refractivity (Wildman–Crippen MR) is 112 cm³/mol. The van der Waals surface area contributed by atoms with E-state index in [-0.39, 0.29) is 30.1 Å². The molecule has 0 aromatic heterocycles. The van der Waals surface area contributed by atoms with Gasteiger partial charge in [-0.2, -0.15) is 0 Å². The average Bonchev–Trinajstić information content (AvgIpc) is 3.16. The third-order valence-corrected chi connectivity index (χ3v) is 6.10. The Hall–Kier alpha value is -2.08. The maximum Gasteiger partial charge on any atom is 0.410 e. The Bertz CT molecular complexity index is 715. The molecule has 2 aliphatic rings. The van der Waals surface area contributed by atoms with Gasteiger partial charge in [0.2, 0.25) is 5.91 Å². The minimum atomic E-state index is -0.516. The van der Waals surface area contributed by atoms with Gasteiger partial charge < -0.3 is 19.6 Å². The van der Waals surface area contributed by atoms with Crippen LogP contribution in [0.2, 0.25) is 0 Å². The van der Waals surface area contributed by atoms with Crippen LogP contribution in [0, 0.1) is 0 Å². The monoisotopic (exact) mass is 402 g/mol. The van der Waals surface area contributed by atoms with E-state index in [4.69, 9.17) is 4.74 Å². The van der Waals surface area contributed by atoms with Crippen molar-refractivity contribution in [2.24, 2.45) is 0 Å². The second-order valence-electron chi connectivity index (χ2n) is 9.36. The molecule has 2 unspecified atom stereocenters. The number of rotatable bonds is 5. The van der Waals surface area contributed by atoms with Crippen LogP contribution in [-0.2, 0) is 14.9 Å². The van der Waals surface area contributed by atoms with Crippen LogP contribution in [0.1, 0.15) is 58.4 Å². The van der Waals surface area contributed by atoms with Crippen LogP contribution in [0.3, 0.4) is 0 Å². The summed E-state index contributed by atoms with van der Waals surface area (Å²) in [7, 11) is 0. The summed E-state index contributed by atoms with van der Waals surface area (Å²) in [5.41, 5.74) is 0.460. The average molecular weight is 403 g/mol. The molecule has 3 rings (SSSR count). The normalized spacial score (nSPS) is 25.4. The lowest BCUT2D eigenvalue weighted by atomic mass is 9.69.